The van der Waals surface area contributed by atoms with E-state index >= 15 is 0 Å². The van der Waals surface area contributed by atoms with Crippen LogP contribution in [0.3, 0.4) is 0 Å². The molecule has 0 saturated carbocycles. The minimum Gasteiger partial charge on any atom is -0.368 e. The Hall–Kier alpha value is -1.02. The normalized spacial score (nSPS) is 16.9. The van der Waals surface area contributed by atoms with Crippen LogP contribution in [0, 0.1) is 13.8 Å². The van der Waals surface area contributed by atoms with Gasteiger partial charge in [-0.25, -0.2) is 0 Å². The van der Waals surface area contributed by atoms with Gasteiger partial charge in [-0.15, -0.1) is 0 Å². The van der Waals surface area contributed by atoms with Gasteiger partial charge in [-0.1, -0.05) is 12.1 Å². The number of rotatable bonds is 2. The predicted molar refractivity (Wildman–Crippen MR) is 61.0 cm³/mol. The summed E-state index contributed by atoms with van der Waals surface area (Å²) in [5.41, 5.74) is 4.13. The Morgan fingerprint density at radius 1 is 1.29 bits per heavy atom. The first-order valence-electron chi connectivity index (χ1n) is 5.20. The quantitative estimate of drug-likeness (QED) is 0.763. The van der Waals surface area contributed by atoms with Crippen LogP contribution in [0.1, 0.15) is 11.1 Å². The number of anilines is 1. The molecule has 2 rings (SSSR count). The second-order valence-corrected chi connectivity index (χ2v) is 4.18. The smallest absolute Gasteiger partial charge is 0.0418 e. The van der Waals surface area contributed by atoms with Crippen molar-refractivity contribution in [2.75, 3.05) is 25.0 Å². The van der Waals surface area contributed by atoms with Gasteiger partial charge in [0.2, 0.25) is 0 Å². The van der Waals surface area contributed by atoms with Gasteiger partial charge in [0.1, 0.15) is 0 Å². The minimum absolute atomic E-state index is 0.676. The lowest BCUT2D eigenvalue weighted by Crippen LogP contribution is -2.57. The highest BCUT2D eigenvalue weighted by Gasteiger charge is 2.25. The van der Waals surface area contributed by atoms with Crippen molar-refractivity contribution in [1.29, 1.82) is 0 Å². The Balaban J connectivity index is 2.13. The molecule has 1 aliphatic rings. The second-order valence-electron chi connectivity index (χ2n) is 4.18. The Labute approximate surface area is 85.9 Å². The number of nitrogens with one attached hydrogen (secondary N) is 1. The number of nitrogens with zero attached hydrogens (tertiary/aromatic N) is 1. The van der Waals surface area contributed by atoms with E-state index in [0.29, 0.717) is 6.04 Å². The van der Waals surface area contributed by atoms with Crippen molar-refractivity contribution in [2.24, 2.45) is 0 Å². The van der Waals surface area contributed by atoms with E-state index in [9.17, 15) is 0 Å². The summed E-state index contributed by atoms with van der Waals surface area (Å²) in [6.45, 7) is 6.61. The molecule has 0 atom stereocenters. The summed E-state index contributed by atoms with van der Waals surface area (Å²) < 4.78 is 0. The Bertz CT molecular complexity index is 327. The molecular weight excluding hydrogens is 172 g/mol. The minimum atomic E-state index is 0.676. The number of hydrogen-bond donors (Lipinski definition) is 1. The van der Waals surface area contributed by atoms with E-state index in [1.54, 1.807) is 0 Å². The number of benzene rings is 1. The molecule has 76 valence electrons. The average Bonchev–Trinajstić information content (AvgIpc) is 2.09. The van der Waals surface area contributed by atoms with E-state index in [-0.39, 0.29) is 0 Å². The zero-order valence-electron chi connectivity index (χ0n) is 9.17. The summed E-state index contributed by atoms with van der Waals surface area (Å²) in [4.78, 5) is 2.43. The largest absolute Gasteiger partial charge is 0.368 e. The monoisotopic (exact) mass is 190 g/mol. The average molecular weight is 190 g/mol. The highest BCUT2D eigenvalue weighted by atomic mass is 15.2. The lowest BCUT2D eigenvalue weighted by atomic mass is 10.0. The molecule has 14 heavy (non-hydrogen) atoms. The van der Waals surface area contributed by atoms with Crippen molar-refractivity contribution in [2.45, 2.75) is 19.9 Å². The van der Waals surface area contributed by atoms with Crippen molar-refractivity contribution < 1.29 is 0 Å². The summed E-state index contributed by atoms with van der Waals surface area (Å²) in [5.74, 6) is 0. The summed E-state index contributed by atoms with van der Waals surface area (Å²) in [6.07, 6.45) is 0. The molecule has 0 aromatic heterocycles. The SMILES string of the molecule is CNC1CN(c2cc(C)ccc2C)C1. The maximum Gasteiger partial charge on any atom is 0.0418 e. The standard InChI is InChI=1S/C12H18N2/c1-9-4-5-10(2)12(6-9)14-7-11(8-14)13-3/h4-6,11,13H,7-8H2,1-3H3. The van der Waals surface area contributed by atoms with Crippen LogP contribution in [-0.4, -0.2) is 26.2 Å². The van der Waals surface area contributed by atoms with E-state index in [1.807, 2.05) is 7.05 Å². The lowest BCUT2D eigenvalue weighted by molar-refractivity contribution is 0.450. The molecule has 1 aromatic carbocycles. The lowest BCUT2D eigenvalue weighted by Gasteiger charge is -2.41. The molecule has 0 bridgehead atoms. The van der Waals surface area contributed by atoms with Crippen molar-refractivity contribution >= 4 is 5.69 Å². The summed E-state index contributed by atoms with van der Waals surface area (Å²) in [7, 11) is 2.03. The van der Waals surface area contributed by atoms with Crippen LogP contribution in [0.2, 0.25) is 0 Å². The molecule has 2 heteroatoms. The molecule has 0 amide bonds. The molecule has 1 heterocycles. The molecule has 0 radical (unpaired) electrons. The van der Waals surface area contributed by atoms with Crippen LogP contribution >= 0.6 is 0 Å². The van der Waals surface area contributed by atoms with Gasteiger partial charge < -0.3 is 10.2 Å². The van der Waals surface area contributed by atoms with Crippen LogP contribution < -0.4 is 10.2 Å². The van der Waals surface area contributed by atoms with Crippen LogP contribution in [0.25, 0.3) is 0 Å². The van der Waals surface area contributed by atoms with Gasteiger partial charge in [0, 0.05) is 24.8 Å². The van der Waals surface area contributed by atoms with Crippen molar-refractivity contribution in [1.82, 2.24) is 5.32 Å². The fraction of sp³-hybridized carbons (Fsp3) is 0.500. The van der Waals surface area contributed by atoms with Crippen LogP contribution in [-0.2, 0) is 0 Å². The van der Waals surface area contributed by atoms with E-state index in [4.69, 9.17) is 0 Å². The Morgan fingerprint density at radius 3 is 2.64 bits per heavy atom. The van der Waals surface area contributed by atoms with Gasteiger partial charge in [0.15, 0.2) is 0 Å². The van der Waals surface area contributed by atoms with Gasteiger partial charge in [-0.3, -0.25) is 0 Å². The zero-order chi connectivity index (χ0) is 10.1. The van der Waals surface area contributed by atoms with Gasteiger partial charge in [-0.05, 0) is 38.1 Å². The van der Waals surface area contributed by atoms with Crippen LogP contribution in [0.5, 0.6) is 0 Å². The van der Waals surface area contributed by atoms with E-state index < -0.39 is 0 Å². The highest BCUT2D eigenvalue weighted by Crippen LogP contribution is 2.25. The third-order valence-electron chi connectivity index (χ3n) is 3.00. The van der Waals surface area contributed by atoms with Gasteiger partial charge >= 0.3 is 0 Å². The van der Waals surface area contributed by atoms with Crippen LogP contribution in [0.15, 0.2) is 18.2 Å². The number of hydrogen-bond acceptors (Lipinski definition) is 2. The highest BCUT2D eigenvalue weighted by molar-refractivity contribution is 5.57. The molecule has 1 aromatic rings. The zero-order valence-corrected chi connectivity index (χ0v) is 9.17. The summed E-state index contributed by atoms with van der Waals surface area (Å²) >= 11 is 0. The number of likely N-dealkylation sites (N-methyl/N-ethyl adjacent to an activating group) is 1. The fourth-order valence-corrected chi connectivity index (χ4v) is 1.92. The fourth-order valence-electron chi connectivity index (χ4n) is 1.92. The molecule has 1 saturated heterocycles. The Kier molecular flexibility index (Phi) is 2.46. The first-order chi connectivity index (χ1) is 6.70. The van der Waals surface area contributed by atoms with Gasteiger partial charge in [0.25, 0.3) is 0 Å². The first kappa shape index (κ1) is 9.53. The molecule has 1 aliphatic heterocycles. The topological polar surface area (TPSA) is 15.3 Å². The molecule has 0 unspecified atom stereocenters. The van der Waals surface area contributed by atoms with E-state index in [0.717, 1.165) is 13.1 Å². The molecule has 0 spiro atoms. The van der Waals surface area contributed by atoms with Crippen molar-refractivity contribution in [3.05, 3.63) is 29.3 Å². The third kappa shape index (κ3) is 1.62. The van der Waals surface area contributed by atoms with E-state index in [1.165, 1.54) is 16.8 Å². The molecule has 0 aliphatic carbocycles. The number of aryl methyl sites for hydroxylation is 2. The van der Waals surface area contributed by atoms with Gasteiger partial charge in [-0.2, -0.15) is 0 Å². The molecular formula is C12H18N2. The van der Waals surface area contributed by atoms with E-state index in [2.05, 4.69) is 42.3 Å². The molecule has 1 fully saturated rings. The molecule has 2 nitrogen and oxygen atoms in total. The summed E-state index contributed by atoms with van der Waals surface area (Å²) in [6, 6.07) is 7.34. The third-order valence-corrected chi connectivity index (χ3v) is 3.00. The van der Waals surface area contributed by atoms with Crippen LogP contribution in [0.4, 0.5) is 5.69 Å². The maximum atomic E-state index is 3.29. The second kappa shape index (κ2) is 3.62. The van der Waals surface area contributed by atoms with Crippen molar-refractivity contribution in [3.63, 3.8) is 0 Å². The maximum absolute atomic E-state index is 3.29. The summed E-state index contributed by atoms with van der Waals surface area (Å²) in [5, 5.41) is 3.29. The molecule has 1 N–H and O–H groups in total. The van der Waals surface area contributed by atoms with Crippen molar-refractivity contribution in [3.8, 4) is 0 Å². The predicted octanol–water partition coefficient (Wildman–Crippen LogP) is 1.71. The van der Waals surface area contributed by atoms with Gasteiger partial charge in [0.05, 0.1) is 0 Å². The first-order valence-corrected chi connectivity index (χ1v) is 5.20. The Morgan fingerprint density at radius 2 is 2.00 bits per heavy atom.